The fourth-order valence-corrected chi connectivity index (χ4v) is 2.43. The molecule has 1 unspecified atom stereocenters. The molecule has 0 aromatic heterocycles. The fraction of sp³-hybridized carbons (Fsp3) is 0.583. The molecular formula is C12H17BrN2. The third-order valence-electron chi connectivity index (χ3n) is 2.66. The average Bonchev–Trinajstić information content (AvgIpc) is 2.24. The average molecular weight is 269 g/mol. The number of hydrogen-bond donors (Lipinski definition) is 0. The lowest BCUT2D eigenvalue weighted by Gasteiger charge is -2.31. The first-order valence-corrected chi connectivity index (χ1v) is 6.24. The lowest BCUT2D eigenvalue weighted by atomic mass is 10.1. The highest BCUT2D eigenvalue weighted by atomic mass is 79.9. The van der Waals surface area contributed by atoms with Crippen molar-refractivity contribution in [2.45, 2.75) is 39.2 Å². The summed E-state index contributed by atoms with van der Waals surface area (Å²) in [4.78, 5) is 2.27. The Labute approximate surface area is 100 Å². The molecule has 3 heteroatoms. The molecular weight excluding hydrogens is 252 g/mol. The minimum absolute atomic E-state index is 0.555. The molecule has 0 amide bonds. The maximum Gasteiger partial charge on any atom is 0.0966 e. The highest BCUT2D eigenvalue weighted by Crippen LogP contribution is 2.22. The van der Waals surface area contributed by atoms with Gasteiger partial charge in [0.15, 0.2) is 0 Å². The largest absolute Gasteiger partial charge is 0.368 e. The van der Waals surface area contributed by atoms with E-state index < -0.39 is 0 Å². The van der Waals surface area contributed by atoms with E-state index in [9.17, 15) is 0 Å². The van der Waals surface area contributed by atoms with Gasteiger partial charge in [-0.1, -0.05) is 20.3 Å². The second kappa shape index (κ2) is 5.97. The summed E-state index contributed by atoms with van der Waals surface area (Å²) in [5.41, 5.74) is 0.832. The molecule has 1 rings (SSSR count). The second-order valence-electron chi connectivity index (χ2n) is 3.82. The molecule has 15 heavy (non-hydrogen) atoms. The standard InChI is InChI=1S/C12H17BrN2/c1-3-5-12(4-2)15-8-10(7-14)6-11(13)9-15/h6,9,12H,3-5,8H2,1-2H3. The molecule has 82 valence electrons. The Bertz CT molecular complexity index is 312. The number of nitrogens with zero attached hydrogens (tertiary/aromatic N) is 2. The molecule has 1 aliphatic rings. The van der Waals surface area contributed by atoms with Gasteiger partial charge in [-0.2, -0.15) is 5.26 Å². The van der Waals surface area contributed by atoms with Crippen molar-refractivity contribution in [1.82, 2.24) is 4.90 Å². The van der Waals surface area contributed by atoms with Crippen LogP contribution in [0.5, 0.6) is 0 Å². The Balaban J connectivity index is 2.73. The molecule has 0 N–H and O–H groups in total. The summed E-state index contributed by atoms with van der Waals surface area (Å²) >= 11 is 3.45. The summed E-state index contributed by atoms with van der Waals surface area (Å²) in [6.07, 6.45) is 7.50. The Morgan fingerprint density at radius 3 is 2.87 bits per heavy atom. The molecule has 0 aromatic rings. The molecule has 1 heterocycles. The van der Waals surface area contributed by atoms with Crippen molar-refractivity contribution in [2.24, 2.45) is 0 Å². The Morgan fingerprint density at radius 2 is 2.33 bits per heavy atom. The third kappa shape index (κ3) is 3.39. The number of rotatable bonds is 4. The molecule has 0 aromatic carbocycles. The van der Waals surface area contributed by atoms with E-state index >= 15 is 0 Å². The van der Waals surface area contributed by atoms with Gasteiger partial charge in [0.1, 0.15) is 0 Å². The van der Waals surface area contributed by atoms with Crippen molar-refractivity contribution in [3.8, 4) is 6.07 Å². The quantitative estimate of drug-likeness (QED) is 0.780. The van der Waals surface area contributed by atoms with Crippen molar-refractivity contribution in [2.75, 3.05) is 6.54 Å². The molecule has 1 aliphatic heterocycles. The molecule has 0 saturated carbocycles. The van der Waals surface area contributed by atoms with Gasteiger partial charge >= 0.3 is 0 Å². The van der Waals surface area contributed by atoms with Crippen LogP contribution < -0.4 is 0 Å². The summed E-state index contributed by atoms with van der Waals surface area (Å²) in [5.74, 6) is 0. The maximum atomic E-state index is 8.92. The molecule has 0 radical (unpaired) electrons. The van der Waals surface area contributed by atoms with Gasteiger partial charge in [0.05, 0.1) is 18.2 Å². The molecule has 0 spiro atoms. The summed E-state index contributed by atoms with van der Waals surface area (Å²) in [6, 6.07) is 2.79. The number of halogens is 1. The van der Waals surface area contributed by atoms with Gasteiger partial charge in [-0.25, -0.2) is 0 Å². The van der Waals surface area contributed by atoms with Crippen LogP contribution in [0.2, 0.25) is 0 Å². The number of allylic oxidation sites excluding steroid dienone is 2. The van der Waals surface area contributed by atoms with E-state index in [0.29, 0.717) is 6.04 Å². The zero-order valence-corrected chi connectivity index (χ0v) is 10.9. The number of nitriles is 1. The van der Waals surface area contributed by atoms with Gasteiger partial charge in [-0.15, -0.1) is 0 Å². The maximum absolute atomic E-state index is 8.92. The van der Waals surface area contributed by atoms with Gasteiger partial charge in [-0.05, 0) is 34.8 Å². The first kappa shape index (κ1) is 12.3. The van der Waals surface area contributed by atoms with E-state index in [-0.39, 0.29) is 0 Å². The fourth-order valence-electron chi connectivity index (χ4n) is 1.89. The van der Waals surface area contributed by atoms with E-state index in [2.05, 4.69) is 46.9 Å². The van der Waals surface area contributed by atoms with Crippen molar-refractivity contribution >= 4 is 15.9 Å². The van der Waals surface area contributed by atoms with Crippen molar-refractivity contribution < 1.29 is 0 Å². The van der Waals surface area contributed by atoms with E-state index in [1.54, 1.807) is 0 Å². The molecule has 0 saturated heterocycles. The summed E-state index contributed by atoms with van der Waals surface area (Å²) in [6.45, 7) is 5.16. The Morgan fingerprint density at radius 1 is 1.60 bits per heavy atom. The van der Waals surface area contributed by atoms with Crippen LogP contribution in [0.1, 0.15) is 33.1 Å². The topological polar surface area (TPSA) is 27.0 Å². The smallest absolute Gasteiger partial charge is 0.0966 e. The van der Waals surface area contributed by atoms with Gasteiger partial charge in [0.25, 0.3) is 0 Å². The van der Waals surface area contributed by atoms with Crippen LogP contribution in [-0.4, -0.2) is 17.5 Å². The molecule has 1 atom stereocenters. The summed E-state index contributed by atoms with van der Waals surface area (Å²) in [7, 11) is 0. The predicted molar refractivity (Wildman–Crippen MR) is 66.4 cm³/mol. The van der Waals surface area contributed by atoms with Crippen LogP contribution in [0.4, 0.5) is 0 Å². The number of hydrogen-bond acceptors (Lipinski definition) is 2. The van der Waals surface area contributed by atoms with Crippen LogP contribution in [0.25, 0.3) is 0 Å². The molecule has 2 nitrogen and oxygen atoms in total. The summed E-state index contributed by atoms with van der Waals surface area (Å²) < 4.78 is 1.000. The van der Waals surface area contributed by atoms with E-state index in [1.807, 2.05) is 6.08 Å². The van der Waals surface area contributed by atoms with Crippen molar-refractivity contribution in [3.05, 3.63) is 22.3 Å². The van der Waals surface area contributed by atoms with Gasteiger partial charge in [0, 0.05) is 16.7 Å². The van der Waals surface area contributed by atoms with Gasteiger partial charge in [-0.3, -0.25) is 0 Å². The van der Waals surface area contributed by atoms with Crippen LogP contribution in [-0.2, 0) is 0 Å². The van der Waals surface area contributed by atoms with Crippen LogP contribution >= 0.6 is 15.9 Å². The first-order valence-electron chi connectivity index (χ1n) is 5.45. The highest BCUT2D eigenvalue weighted by Gasteiger charge is 2.17. The van der Waals surface area contributed by atoms with Gasteiger partial charge in [0.2, 0.25) is 0 Å². The van der Waals surface area contributed by atoms with E-state index in [1.165, 1.54) is 12.8 Å². The van der Waals surface area contributed by atoms with Crippen molar-refractivity contribution in [3.63, 3.8) is 0 Å². The Kier molecular flexibility index (Phi) is 4.90. The monoisotopic (exact) mass is 268 g/mol. The van der Waals surface area contributed by atoms with Gasteiger partial charge < -0.3 is 4.90 Å². The molecule has 0 fully saturated rings. The van der Waals surface area contributed by atoms with Crippen LogP contribution in [0, 0.1) is 11.3 Å². The second-order valence-corrected chi connectivity index (χ2v) is 4.73. The van der Waals surface area contributed by atoms with Crippen molar-refractivity contribution in [1.29, 1.82) is 5.26 Å². The molecule has 0 bridgehead atoms. The van der Waals surface area contributed by atoms with Crippen LogP contribution in [0.15, 0.2) is 22.3 Å². The van der Waals surface area contributed by atoms with Crippen LogP contribution in [0.3, 0.4) is 0 Å². The Hall–Kier alpha value is -0.750. The zero-order chi connectivity index (χ0) is 11.3. The zero-order valence-electron chi connectivity index (χ0n) is 9.33. The minimum Gasteiger partial charge on any atom is -0.368 e. The normalized spacial score (nSPS) is 17.9. The minimum atomic E-state index is 0.555. The third-order valence-corrected chi connectivity index (χ3v) is 3.09. The highest BCUT2D eigenvalue weighted by molar-refractivity contribution is 9.11. The lowest BCUT2D eigenvalue weighted by Crippen LogP contribution is -2.33. The predicted octanol–water partition coefficient (Wildman–Crippen LogP) is 3.57. The SMILES string of the molecule is CCCC(CC)N1C=C(Br)C=C(C#N)C1. The first-order chi connectivity index (χ1) is 7.21. The summed E-state index contributed by atoms with van der Waals surface area (Å²) in [5, 5.41) is 8.92. The van der Waals surface area contributed by atoms with E-state index in [4.69, 9.17) is 5.26 Å². The van der Waals surface area contributed by atoms with E-state index in [0.717, 1.165) is 23.0 Å². The molecule has 0 aliphatic carbocycles. The lowest BCUT2D eigenvalue weighted by molar-refractivity contribution is 0.270.